The molecule has 1 N–H and O–H groups in total. The van der Waals surface area contributed by atoms with Gasteiger partial charge < -0.3 is 10.1 Å². The van der Waals surface area contributed by atoms with E-state index in [0.29, 0.717) is 35.5 Å². The maximum atomic E-state index is 11.5. The number of hydrogen-bond donors (Lipinski definition) is 1. The van der Waals surface area contributed by atoms with Crippen LogP contribution in [0, 0.1) is 5.92 Å². The van der Waals surface area contributed by atoms with Gasteiger partial charge in [0.05, 0.1) is 11.5 Å². The molecule has 2 fully saturated rings. The van der Waals surface area contributed by atoms with E-state index in [9.17, 15) is 8.42 Å². The maximum absolute atomic E-state index is 11.5. The average molecular weight is 373 g/mol. The van der Waals surface area contributed by atoms with Gasteiger partial charge in [-0.25, -0.2) is 18.4 Å². The molecule has 3 heterocycles. The van der Waals surface area contributed by atoms with Gasteiger partial charge in [0.15, 0.2) is 9.84 Å². The number of fused-ring (bicyclic) bond motifs is 2. The van der Waals surface area contributed by atoms with Crippen LogP contribution in [0.4, 0.5) is 0 Å². The quantitative estimate of drug-likeness (QED) is 0.867. The first-order chi connectivity index (χ1) is 12.5. The van der Waals surface area contributed by atoms with E-state index in [2.05, 4.69) is 15.3 Å². The first-order valence-electron chi connectivity index (χ1n) is 8.99. The predicted octanol–water partition coefficient (Wildman–Crippen LogP) is 2.46. The van der Waals surface area contributed by atoms with Crippen molar-refractivity contribution in [1.29, 1.82) is 0 Å². The Morgan fingerprint density at radius 3 is 2.23 bits per heavy atom. The molecule has 0 spiro atoms. The van der Waals surface area contributed by atoms with Gasteiger partial charge >= 0.3 is 6.01 Å². The standard InChI is InChI=1S/C19H23N3O3S/c1-26(23,24)18-6-2-14(3-7-18)15-10-20-19(21-11-15)25-12-13-8-16-4-5-17(9-13)22-16/h2-3,6-7,10-11,13,16-17,22H,4-5,8-9,12H2,1H3. The molecule has 2 saturated heterocycles. The average Bonchev–Trinajstić information content (AvgIpc) is 2.98. The lowest BCUT2D eigenvalue weighted by atomic mass is 9.93. The molecule has 0 amide bonds. The van der Waals surface area contributed by atoms with Crippen LogP contribution in [0.5, 0.6) is 6.01 Å². The molecule has 2 aromatic rings. The van der Waals surface area contributed by atoms with Crippen molar-refractivity contribution in [2.75, 3.05) is 12.9 Å². The third-order valence-corrected chi connectivity index (χ3v) is 6.39. The highest BCUT2D eigenvalue weighted by atomic mass is 32.2. The van der Waals surface area contributed by atoms with Crippen LogP contribution >= 0.6 is 0 Å². The van der Waals surface area contributed by atoms with E-state index in [1.165, 1.54) is 31.9 Å². The second kappa shape index (κ2) is 6.96. The summed E-state index contributed by atoms with van der Waals surface area (Å²) in [6, 6.07) is 8.43. The second-order valence-corrected chi connectivity index (χ2v) is 9.35. The minimum absolute atomic E-state index is 0.304. The number of piperidine rings is 1. The van der Waals surface area contributed by atoms with Gasteiger partial charge in [0, 0.05) is 36.3 Å². The lowest BCUT2D eigenvalue weighted by molar-refractivity contribution is 0.180. The molecule has 2 aliphatic rings. The first kappa shape index (κ1) is 17.4. The number of sulfone groups is 1. The van der Waals surface area contributed by atoms with Crippen LogP contribution in [0.3, 0.4) is 0 Å². The number of nitrogens with one attached hydrogen (secondary N) is 1. The van der Waals surface area contributed by atoms with Gasteiger partial charge in [0.25, 0.3) is 0 Å². The minimum atomic E-state index is -3.19. The smallest absolute Gasteiger partial charge is 0.316 e. The number of ether oxygens (including phenoxy) is 1. The molecule has 1 aromatic heterocycles. The van der Waals surface area contributed by atoms with E-state index in [0.717, 1.165) is 11.1 Å². The molecule has 2 unspecified atom stereocenters. The molecule has 6 nitrogen and oxygen atoms in total. The van der Waals surface area contributed by atoms with E-state index in [1.54, 1.807) is 36.7 Å². The van der Waals surface area contributed by atoms with Gasteiger partial charge in [-0.3, -0.25) is 0 Å². The predicted molar refractivity (Wildman–Crippen MR) is 98.7 cm³/mol. The highest BCUT2D eigenvalue weighted by Gasteiger charge is 2.33. The molecule has 4 rings (SSSR count). The largest absolute Gasteiger partial charge is 0.463 e. The van der Waals surface area contributed by atoms with Crippen molar-refractivity contribution in [3.8, 4) is 17.1 Å². The van der Waals surface area contributed by atoms with Gasteiger partial charge in [-0.1, -0.05) is 12.1 Å². The molecule has 1 aromatic carbocycles. The van der Waals surface area contributed by atoms with Crippen molar-refractivity contribution >= 4 is 9.84 Å². The van der Waals surface area contributed by atoms with Crippen LogP contribution in [0.15, 0.2) is 41.6 Å². The molecular weight excluding hydrogens is 350 g/mol. The van der Waals surface area contributed by atoms with E-state index in [-0.39, 0.29) is 0 Å². The number of rotatable bonds is 5. The van der Waals surface area contributed by atoms with Crippen molar-refractivity contribution in [3.05, 3.63) is 36.7 Å². The van der Waals surface area contributed by atoms with Crippen molar-refractivity contribution < 1.29 is 13.2 Å². The Bertz CT molecular complexity index is 854. The highest BCUT2D eigenvalue weighted by molar-refractivity contribution is 7.90. The van der Waals surface area contributed by atoms with E-state index < -0.39 is 9.84 Å². The van der Waals surface area contributed by atoms with Crippen LogP contribution in [-0.4, -0.2) is 43.3 Å². The molecular formula is C19H23N3O3S. The first-order valence-corrected chi connectivity index (χ1v) is 10.9. The number of aromatic nitrogens is 2. The van der Waals surface area contributed by atoms with Crippen LogP contribution in [0.1, 0.15) is 25.7 Å². The van der Waals surface area contributed by atoms with Gasteiger partial charge in [-0.05, 0) is 49.3 Å². The molecule has 138 valence electrons. The maximum Gasteiger partial charge on any atom is 0.316 e. The zero-order valence-corrected chi connectivity index (χ0v) is 15.6. The van der Waals surface area contributed by atoms with Gasteiger partial charge in [-0.2, -0.15) is 0 Å². The zero-order chi connectivity index (χ0) is 18.1. The Kier molecular flexibility index (Phi) is 4.67. The van der Waals surface area contributed by atoms with Crippen molar-refractivity contribution in [3.63, 3.8) is 0 Å². The molecule has 2 bridgehead atoms. The summed E-state index contributed by atoms with van der Waals surface area (Å²) >= 11 is 0. The number of nitrogens with zero attached hydrogens (tertiary/aromatic N) is 2. The Morgan fingerprint density at radius 1 is 1.04 bits per heavy atom. The van der Waals surface area contributed by atoms with Crippen LogP contribution < -0.4 is 10.1 Å². The fourth-order valence-electron chi connectivity index (χ4n) is 3.94. The summed E-state index contributed by atoms with van der Waals surface area (Å²) in [4.78, 5) is 8.90. The summed E-state index contributed by atoms with van der Waals surface area (Å²) in [6.07, 6.45) is 9.52. The molecule has 2 atom stereocenters. The number of hydrogen-bond acceptors (Lipinski definition) is 6. The summed E-state index contributed by atoms with van der Waals surface area (Å²) in [7, 11) is -3.19. The topological polar surface area (TPSA) is 81.2 Å². The molecule has 0 radical (unpaired) electrons. The van der Waals surface area contributed by atoms with Gasteiger partial charge in [0.1, 0.15) is 0 Å². The Balaban J connectivity index is 1.37. The summed E-state index contributed by atoms with van der Waals surface area (Å²) in [5.41, 5.74) is 1.70. The monoisotopic (exact) mass is 373 g/mol. The van der Waals surface area contributed by atoms with Crippen molar-refractivity contribution in [2.24, 2.45) is 5.92 Å². The molecule has 7 heteroatoms. The molecule has 0 aliphatic carbocycles. The van der Waals surface area contributed by atoms with E-state index in [4.69, 9.17) is 4.74 Å². The third kappa shape index (κ3) is 3.88. The second-order valence-electron chi connectivity index (χ2n) is 7.34. The summed E-state index contributed by atoms with van der Waals surface area (Å²) in [5, 5.41) is 3.63. The van der Waals surface area contributed by atoms with Crippen LogP contribution in [0.2, 0.25) is 0 Å². The lowest BCUT2D eigenvalue weighted by Gasteiger charge is -2.28. The third-order valence-electron chi connectivity index (χ3n) is 5.26. The normalized spacial score (nSPS) is 25.2. The Morgan fingerprint density at radius 2 is 1.65 bits per heavy atom. The number of benzene rings is 1. The molecule has 2 aliphatic heterocycles. The highest BCUT2D eigenvalue weighted by Crippen LogP contribution is 2.31. The van der Waals surface area contributed by atoms with Gasteiger partial charge in [0.2, 0.25) is 0 Å². The fraction of sp³-hybridized carbons (Fsp3) is 0.474. The van der Waals surface area contributed by atoms with Crippen LogP contribution in [0.25, 0.3) is 11.1 Å². The fourth-order valence-corrected chi connectivity index (χ4v) is 4.57. The summed E-state index contributed by atoms with van der Waals surface area (Å²) in [6.45, 7) is 0.664. The van der Waals surface area contributed by atoms with Gasteiger partial charge in [-0.15, -0.1) is 0 Å². The summed E-state index contributed by atoms with van der Waals surface area (Å²) in [5.74, 6) is 0.570. The zero-order valence-electron chi connectivity index (χ0n) is 14.8. The SMILES string of the molecule is CS(=O)(=O)c1ccc(-c2cnc(OCC3CC4CCC(C3)N4)nc2)cc1. The molecule has 26 heavy (non-hydrogen) atoms. The lowest BCUT2D eigenvalue weighted by Crippen LogP contribution is -2.39. The minimum Gasteiger partial charge on any atom is -0.463 e. The summed E-state index contributed by atoms with van der Waals surface area (Å²) < 4.78 is 28.8. The van der Waals surface area contributed by atoms with E-state index >= 15 is 0 Å². The Labute approximate surface area is 153 Å². The Hall–Kier alpha value is -1.99. The van der Waals surface area contributed by atoms with Crippen LogP contribution in [-0.2, 0) is 9.84 Å². The van der Waals surface area contributed by atoms with Crippen molar-refractivity contribution in [1.82, 2.24) is 15.3 Å². The molecule has 0 saturated carbocycles. The van der Waals surface area contributed by atoms with Crippen molar-refractivity contribution in [2.45, 2.75) is 42.7 Å². The van der Waals surface area contributed by atoms with E-state index in [1.807, 2.05) is 0 Å².